The average Bonchev–Trinajstić information content (AvgIpc) is 3.46. The summed E-state index contributed by atoms with van der Waals surface area (Å²) in [6.45, 7) is -0.0922. The molecule has 8 aromatic carbocycles. The molecule has 9 nitrogen and oxygen atoms in total. The van der Waals surface area contributed by atoms with Gasteiger partial charge in [-0.3, -0.25) is 13.6 Å². The van der Waals surface area contributed by atoms with E-state index in [0.717, 1.165) is 44.5 Å². The lowest BCUT2D eigenvalue weighted by Gasteiger charge is -2.40. The summed E-state index contributed by atoms with van der Waals surface area (Å²) in [4.78, 5) is 0. The van der Waals surface area contributed by atoms with E-state index in [-0.39, 0.29) is 52.9 Å². The minimum atomic E-state index is -4.35. The predicted octanol–water partition coefficient (Wildman–Crippen LogP) is 13.3. The topological polar surface area (TPSA) is 90.9 Å². The molecule has 0 aliphatic carbocycles. The molecular weight excluding hydrogens is 932 g/mol. The molecule has 0 aliphatic rings. The summed E-state index contributed by atoms with van der Waals surface area (Å²) in [5.41, 5.74) is 5.85. The third kappa shape index (κ3) is 15.4. The Balaban J connectivity index is 1.22. The maximum Gasteiger partial charge on any atom is 0.475 e. The molecule has 73 heavy (non-hydrogen) atoms. The van der Waals surface area contributed by atoms with E-state index in [0.29, 0.717) is 0 Å². The first kappa shape index (κ1) is 52.5. The lowest BCUT2D eigenvalue weighted by molar-refractivity contribution is -0.204. The molecule has 0 bridgehead atoms. The van der Waals surface area contributed by atoms with Crippen molar-refractivity contribution in [3.05, 3.63) is 287 Å². The first-order valence-corrected chi connectivity index (χ1v) is 25.9. The molecule has 10 heteroatoms. The second-order valence-corrected chi connectivity index (χ2v) is 18.9. The van der Waals surface area contributed by atoms with Crippen molar-refractivity contribution in [3.63, 3.8) is 0 Å². The Hall–Kier alpha value is -6.77. The van der Waals surface area contributed by atoms with E-state index in [9.17, 15) is 0 Å². The summed E-state index contributed by atoms with van der Waals surface area (Å²) in [5, 5.41) is 0. The molecule has 0 saturated heterocycles. The highest BCUT2D eigenvalue weighted by Crippen LogP contribution is 2.51. The Labute approximate surface area is 430 Å². The van der Waals surface area contributed by atoms with E-state index in [2.05, 4.69) is 42.3 Å². The number of phosphoric ester groups is 1. The molecule has 372 valence electrons. The van der Waals surface area contributed by atoms with Crippen LogP contribution >= 0.6 is 7.82 Å². The van der Waals surface area contributed by atoms with Crippen LogP contribution in [0.1, 0.15) is 44.5 Å². The van der Waals surface area contributed by atoms with Gasteiger partial charge in [-0.05, 0) is 44.5 Å². The van der Waals surface area contributed by atoms with Gasteiger partial charge in [-0.15, -0.1) is 6.42 Å². The monoisotopic (exact) mass is 992 g/mol. The van der Waals surface area contributed by atoms with Crippen LogP contribution in [-0.2, 0) is 80.5 Å². The van der Waals surface area contributed by atoms with Crippen molar-refractivity contribution in [3.8, 4) is 12.3 Å². The number of hydrogen-bond acceptors (Lipinski definition) is 9. The first-order chi connectivity index (χ1) is 36.0. The Morgan fingerprint density at radius 2 is 0.671 bits per heavy atom. The van der Waals surface area contributed by atoms with Crippen LogP contribution in [0.2, 0.25) is 0 Å². The van der Waals surface area contributed by atoms with Gasteiger partial charge in [0.25, 0.3) is 0 Å². The third-order valence-electron chi connectivity index (χ3n) is 12.2. The van der Waals surface area contributed by atoms with Crippen molar-refractivity contribution in [1.82, 2.24) is 0 Å². The van der Waals surface area contributed by atoms with E-state index in [1.807, 2.05) is 206 Å². The molecule has 0 heterocycles. The first-order valence-electron chi connectivity index (χ1n) is 24.4. The number of benzene rings is 8. The van der Waals surface area contributed by atoms with Crippen molar-refractivity contribution in [2.45, 2.75) is 63.1 Å². The quantitative estimate of drug-likeness (QED) is 0.0258. The van der Waals surface area contributed by atoms with Crippen LogP contribution in [0.15, 0.2) is 243 Å². The Morgan fingerprint density at radius 1 is 0.370 bits per heavy atom. The fourth-order valence-corrected chi connectivity index (χ4v) is 9.64. The zero-order valence-electron chi connectivity index (χ0n) is 40.8. The second kappa shape index (κ2) is 27.9. The van der Waals surface area contributed by atoms with E-state index in [1.54, 1.807) is 0 Å². The average molecular weight is 993 g/mol. The normalized spacial score (nSPS) is 13.4. The molecular formula is C63H61O9P. The molecule has 0 aromatic heterocycles. The number of terminal acetylenes is 1. The zero-order valence-corrected chi connectivity index (χ0v) is 41.7. The highest BCUT2D eigenvalue weighted by molar-refractivity contribution is 7.48. The number of hydrogen-bond donors (Lipinski definition) is 0. The molecule has 0 radical (unpaired) electrons. The maximum absolute atomic E-state index is 15.1. The van der Waals surface area contributed by atoms with Crippen molar-refractivity contribution in [2.75, 3.05) is 19.8 Å². The largest absolute Gasteiger partial charge is 0.475 e. The van der Waals surface area contributed by atoms with E-state index in [1.165, 1.54) is 0 Å². The van der Waals surface area contributed by atoms with Crippen LogP contribution in [0.4, 0.5) is 0 Å². The van der Waals surface area contributed by atoms with Crippen molar-refractivity contribution in [2.24, 2.45) is 0 Å². The highest BCUT2D eigenvalue weighted by atomic mass is 31.2. The summed E-state index contributed by atoms with van der Waals surface area (Å²) >= 11 is 0. The van der Waals surface area contributed by atoms with Gasteiger partial charge in [0.15, 0.2) is 0 Å². The van der Waals surface area contributed by atoms with Gasteiger partial charge >= 0.3 is 7.82 Å². The molecule has 0 unspecified atom stereocenters. The molecule has 0 fully saturated rings. The van der Waals surface area contributed by atoms with Gasteiger partial charge in [-0.2, -0.15) is 0 Å². The van der Waals surface area contributed by atoms with Gasteiger partial charge in [0, 0.05) is 0 Å². The van der Waals surface area contributed by atoms with Gasteiger partial charge in [-0.25, -0.2) is 4.57 Å². The molecule has 0 saturated carbocycles. The van der Waals surface area contributed by atoms with Crippen LogP contribution in [0, 0.1) is 12.3 Å². The molecule has 0 N–H and O–H groups in total. The minimum Gasteiger partial charge on any atom is -0.368 e. The van der Waals surface area contributed by atoms with Gasteiger partial charge < -0.3 is 23.7 Å². The molecule has 4 atom stereocenters. The summed E-state index contributed by atoms with van der Waals surface area (Å²) < 4.78 is 69.2. The SMILES string of the molecule is C#CCO[C@H](COC(c1ccccc1)(c1ccccc1)c1ccccc1)[C@@H](OCc1ccccc1)[C@H](OCc1ccccc1)[C@H](COP(=O)(OCc1ccccc1)OCc1ccccc1)OCc1ccccc1. The molecule has 8 aromatic rings. The Morgan fingerprint density at radius 3 is 1.01 bits per heavy atom. The highest BCUT2D eigenvalue weighted by Gasteiger charge is 2.44. The summed E-state index contributed by atoms with van der Waals surface area (Å²) in [6, 6.07) is 78.8. The van der Waals surface area contributed by atoms with Crippen LogP contribution in [0.3, 0.4) is 0 Å². The maximum atomic E-state index is 15.1. The summed E-state index contributed by atoms with van der Waals surface area (Å²) in [7, 11) is -4.35. The third-order valence-corrected chi connectivity index (χ3v) is 13.5. The molecule has 0 spiro atoms. The minimum absolute atomic E-state index is 0.0372. The van der Waals surface area contributed by atoms with Crippen LogP contribution < -0.4 is 0 Å². The van der Waals surface area contributed by atoms with Gasteiger partial charge in [0.2, 0.25) is 0 Å². The summed E-state index contributed by atoms with van der Waals surface area (Å²) in [5.74, 6) is 2.69. The number of rotatable bonds is 29. The van der Waals surface area contributed by atoms with Crippen molar-refractivity contribution in [1.29, 1.82) is 0 Å². The smallest absolute Gasteiger partial charge is 0.368 e. The molecule has 0 amide bonds. The predicted molar refractivity (Wildman–Crippen MR) is 285 cm³/mol. The lowest BCUT2D eigenvalue weighted by Crippen LogP contribution is -2.53. The van der Waals surface area contributed by atoms with Gasteiger partial charge in [0.1, 0.15) is 36.6 Å². The van der Waals surface area contributed by atoms with Gasteiger partial charge in [-0.1, -0.05) is 249 Å². The summed E-state index contributed by atoms with van der Waals surface area (Å²) in [6.07, 6.45) is 2.14. The van der Waals surface area contributed by atoms with Gasteiger partial charge in [0.05, 0.1) is 46.2 Å². The zero-order chi connectivity index (χ0) is 50.2. The van der Waals surface area contributed by atoms with E-state index in [4.69, 9.17) is 43.7 Å². The van der Waals surface area contributed by atoms with Crippen molar-refractivity contribution >= 4 is 7.82 Å². The van der Waals surface area contributed by atoms with Crippen LogP contribution in [-0.4, -0.2) is 44.2 Å². The Bertz CT molecular complexity index is 2710. The second-order valence-electron chi connectivity index (χ2n) is 17.3. The van der Waals surface area contributed by atoms with Crippen molar-refractivity contribution < 1.29 is 41.8 Å². The molecule has 0 aliphatic heterocycles. The fraction of sp³-hybridized carbons (Fsp3) is 0.206. The number of ether oxygens (including phenoxy) is 5. The standard InChI is InChI=1S/C63H61O9P/c1-2-43-65-59(49-69-63(56-37-21-8-22-38-56,57-39-23-9-24-40-57)58-41-25-10-26-42-58)61(67-45-52-29-13-4-14-30-52)62(68-46-53-31-15-5-16-32-53)60(66-44-51-27-11-3-12-28-51)50-72-73(64,70-47-54-33-17-6-18-34-54)71-48-55-35-19-7-20-36-55/h1,3-42,59-62H,43-50H2/t59-,60+,61-,62-/m1/s1. The van der Waals surface area contributed by atoms with E-state index < -0.39 is 37.8 Å². The Kier molecular flexibility index (Phi) is 20.1. The lowest BCUT2D eigenvalue weighted by atomic mass is 9.80. The fourth-order valence-electron chi connectivity index (χ4n) is 8.48. The number of phosphoric acid groups is 1. The molecule has 8 rings (SSSR count). The van der Waals surface area contributed by atoms with Crippen LogP contribution in [0.5, 0.6) is 0 Å². The van der Waals surface area contributed by atoms with E-state index >= 15 is 4.57 Å². The van der Waals surface area contributed by atoms with Crippen LogP contribution in [0.25, 0.3) is 0 Å².